The molecule has 8 nitrogen and oxygen atoms in total. The first-order valence-corrected chi connectivity index (χ1v) is 10.5. The van der Waals surface area contributed by atoms with Gasteiger partial charge >= 0.3 is 0 Å². The first-order valence-electron chi connectivity index (χ1n) is 9.02. The number of piperazine rings is 1. The summed E-state index contributed by atoms with van der Waals surface area (Å²) in [5.41, 5.74) is 0. The molecule has 2 fully saturated rings. The third kappa shape index (κ3) is 4.41. The van der Waals surface area contributed by atoms with E-state index in [1.165, 1.54) is 23.5 Å². The molecule has 1 aliphatic carbocycles. The predicted octanol–water partition coefficient (Wildman–Crippen LogP) is 0.300. The lowest BCUT2D eigenvalue weighted by molar-refractivity contribution is -0.134. The van der Waals surface area contributed by atoms with Crippen LogP contribution in [0.2, 0.25) is 0 Å². The molecular formula is C18H25N3O5S. The number of ether oxygens (including phenoxy) is 1. The summed E-state index contributed by atoms with van der Waals surface area (Å²) in [5, 5.41) is 2.68. The molecule has 2 atom stereocenters. The Morgan fingerprint density at radius 2 is 1.74 bits per heavy atom. The fourth-order valence-corrected chi connectivity index (χ4v) is 4.59. The van der Waals surface area contributed by atoms with Crippen molar-refractivity contribution in [3.05, 3.63) is 24.3 Å². The molecule has 148 valence electrons. The van der Waals surface area contributed by atoms with Crippen molar-refractivity contribution in [1.82, 2.24) is 14.5 Å². The highest BCUT2D eigenvalue weighted by Crippen LogP contribution is 2.37. The molecule has 2 aliphatic rings. The lowest BCUT2D eigenvalue weighted by Gasteiger charge is -2.34. The van der Waals surface area contributed by atoms with Gasteiger partial charge in [0.25, 0.3) is 0 Å². The molecule has 1 saturated heterocycles. The Morgan fingerprint density at radius 3 is 2.26 bits per heavy atom. The van der Waals surface area contributed by atoms with Crippen LogP contribution in [0, 0.1) is 11.8 Å². The molecule has 1 aromatic rings. The summed E-state index contributed by atoms with van der Waals surface area (Å²) < 4.78 is 31.9. The van der Waals surface area contributed by atoms with E-state index >= 15 is 0 Å². The van der Waals surface area contributed by atoms with Crippen molar-refractivity contribution in [1.29, 1.82) is 0 Å². The maximum absolute atomic E-state index is 12.7. The summed E-state index contributed by atoms with van der Waals surface area (Å²) in [5.74, 6) is 0.762. The largest absolute Gasteiger partial charge is 0.497 e. The average Bonchev–Trinajstić information content (AvgIpc) is 3.42. The highest BCUT2D eigenvalue weighted by atomic mass is 32.2. The van der Waals surface area contributed by atoms with Gasteiger partial charge in [0.2, 0.25) is 21.8 Å². The zero-order valence-corrected chi connectivity index (χ0v) is 16.4. The Hall–Kier alpha value is -2.13. The van der Waals surface area contributed by atoms with Gasteiger partial charge in [0.1, 0.15) is 5.75 Å². The van der Waals surface area contributed by atoms with Gasteiger partial charge in [-0.3, -0.25) is 9.59 Å². The normalized spacial score (nSPS) is 23.0. The highest BCUT2D eigenvalue weighted by Gasteiger charge is 2.39. The number of hydrogen-bond acceptors (Lipinski definition) is 5. The highest BCUT2D eigenvalue weighted by molar-refractivity contribution is 7.89. The Kier molecular flexibility index (Phi) is 5.71. The molecule has 1 aromatic carbocycles. The van der Waals surface area contributed by atoms with Crippen molar-refractivity contribution >= 4 is 21.8 Å². The van der Waals surface area contributed by atoms with Crippen molar-refractivity contribution in [3.8, 4) is 5.75 Å². The van der Waals surface area contributed by atoms with Crippen molar-refractivity contribution in [3.63, 3.8) is 0 Å². The number of nitrogens with one attached hydrogen (secondary N) is 1. The Morgan fingerprint density at radius 1 is 1.15 bits per heavy atom. The summed E-state index contributed by atoms with van der Waals surface area (Å²) in [7, 11) is -2.08. The first-order chi connectivity index (χ1) is 12.8. The van der Waals surface area contributed by atoms with Gasteiger partial charge in [-0.15, -0.1) is 0 Å². The van der Waals surface area contributed by atoms with Crippen LogP contribution in [0.4, 0.5) is 0 Å². The summed E-state index contributed by atoms with van der Waals surface area (Å²) in [6.07, 6.45) is 0.877. The zero-order valence-electron chi connectivity index (χ0n) is 15.6. The van der Waals surface area contributed by atoms with Crippen LogP contribution in [0.1, 0.15) is 13.3 Å². The third-order valence-electron chi connectivity index (χ3n) is 5.15. The molecule has 1 saturated carbocycles. The predicted molar refractivity (Wildman–Crippen MR) is 98.6 cm³/mol. The molecule has 0 bridgehead atoms. The van der Waals surface area contributed by atoms with E-state index in [0.717, 1.165) is 6.42 Å². The minimum Gasteiger partial charge on any atom is -0.497 e. The van der Waals surface area contributed by atoms with E-state index < -0.39 is 10.0 Å². The number of hydrogen-bond donors (Lipinski definition) is 1. The lowest BCUT2D eigenvalue weighted by Crippen LogP contribution is -2.52. The summed E-state index contributed by atoms with van der Waals surface area (Å²) in [6.45, 7) is 3.05. The van der Waals surface area contributed by atoms with Crippen LogP contribution in [0.15, 0.2) is 29.2 Å². The standard InChI is InChI=1S/C18H25N3O5S/c1-13-11-16(13)18(23)19-12-17(22)20-7-9-21(10-8-20)27(24,25)15-5-3-14(26-2)4-6-15/h3-6,13,16H,7-12H2,1-2H3,(H,19,23)/t13-,16-/m1/s1. The second-order valence-corrected chi connectivity index (χ2v) is 8.94. The van der Waals surface area contributed by atoms with Crippen molar-refractivity contribution in [2.24, 2.45) is 11.8 Å². The maximum atomic E-state index is 12.7. The van der Waals surface area contributed by atoms with Gasteiger partial charge in [-0.25, -0.2) is 8.42 Å². The van der Waals surface area contributed by atoms with E-state index in [9.17, 15) is 18.0 Å². The van der Waals surface area contributed by atoms with E-state index in [4.69, 9.17) is 4.74 Å². The summed E-state index contributed by atoms with van der Waals surface area (Å²) in [6, 6.07) is 6.24. The van der Waals surface area contributed by atoms with Crippen LogP contribution in [0.25, 0.3) is 0 Å². The van der Waals surface area contributed by atoms with E-state index in [1.54, 1.807) is 17.0 Å². The van der Waals surface area contributed by atoms with Gasteiger partial charge in [-0.1, -0.05) is 6.92 Å². The molecule has 3 rings (SSSR count). The van der Waals surface area contributed by atoms with E-state index in [0.29, 0.717) is 24.8 Å². The van der Waals surface area contributed by atoms with Gasteiger partial charge < -0.3 is 15.0 Å². The average molecular weight is 395 g/mol. The fraction of sp³-hybridized carbons (Fsp3) is 0.556. The number of carbonyl (C=O) groups excluding carboxylic acids is 2. The van der Waals surface area contributed by atoms with Gasteiger partial charge in [0.15, 0.2) is 0 Å². The van der Waals surface area contributed by atoms with Crippen LogP contribution in [-0.2, 0) is 19.6 Å². The molecule has 27 heavy (non-hydrogen) atoms. The number of amides is 2. The number of sulfonamides is 1. The molecule has 2 amide bonds. The third-order valence-corrected chi connectivity index (χ3v) is 7.06. The minimum absolute atomic E-state index is 0.0317. The van der Waals surface area contributed by atoms with Crippen molar-refractivity contribution in [2.45, 2.75) is 18.2 Å². The van der Waals surface area contributed by atoms with E-state index in [2.05, 4.69) is 5.32 Å². The molecule has 0 radical (unpaired) electrons. The van der Waals surface area contributed by atoms with Crippen molar-refractivity contribution < 1.29 is 22.7 Å². The first kappa shape index (κ1) is 19.6. The number of carbonyl (C=O) groups is 2. The van der Waals surface area contributed by atoms with Gasteiger partial charge in [-0.2, -0.15) is 4.31 Å². The van der Waals surface area contributed by atoms with Crippen LogP contribution < -0.4 is 10.1 Å². The number of rotatable bonds is 6. The molecule has 1 heterocycles. The molecule has 0 aromatic heterocycles. The molecule has 0 spiro atoms. The van der Waals surface area contributed by atoms with Gasteiger partial charge in [0.05, 0.1) is 18.6 Å². The van der Waals surface area contributed by atoms with Gasteiger partial charge in [-0.05, 0) is 36.6 Å². The molecule has 1 aliphatic heterocycles. The quantitative estimate of drug-likeness (QED) is 0.747. The summed E-state index contributed by atoms with van der Waals surface area (Å²) >= 11 is 0. The summed E-state index contributed by atoms with van der Waals surface area (Å²) in [4.78, 5) is 25.9. The number of methoxy groups -OCH3 is 1. The number of nitrogens with zero attached hydrogens (tertiary/aromatic N) is 2. The zero-order chi connectivity index (χ0) is 19.6. The van der Waals surface area contributed by atoms with Crippen LogP contribution >= 0.6 is 0 Å². The van der Waals surface area contributed by atoms with Crippen LogP contribution in [-0.4, -0.2) is 69.3 Å². The maximum Gasteiger partial charge on any atom is 0.243 e. The fourth-order valence-electron chi connectivity index (χ4n) is 3.17. The van der Waals surface area contributed by atoms with E-state index in [-0.39, 0.29) is 42.3 Å². The second-order valence-electron chi connectivity index (χ2n) is 7.00. The Labute approximate surface area is 159 Å². The topological polar surface area (TPSA) is 96.0 Å². The molecule has 9 heteroatoms. The van der Waals surface area contributed by atoms with Gasteiger partial charge in [0, 0.05) is 32.1 Å². The minimum atomic E-state index is -3.60. The monoisotopic (exact) mass is 395 g/mol. The van der Waals surface area contributed by atoms with E-state index in [1.807, 2.05) is 6.92 Å². The Balaban J connectivity index is 1.51. The molecular weight excluding hydrogens is 370 g/mol. The van der Waals surface area contributed by atoms with Crippen LogP contribution in [0.3, 0.4) is 0 Å². The smallest absolute Gasteiger partial charge is 0.243 e. The molecule has 0 unspecified atom stereocenters. The van der Waals surface area contributed by atoms with Crippen molar-refractivity contribution in [2.75, 3.05) is 39.8 Å². The molecule has 1 N–H and O–H groups in total. The number of benzene rings is 1. The Bertz CT molecular complexity index is 801. The lowest BCUT2D eigenvalue weighted by atomic mass is 10.3. The SMILES string of the molecule is COc1ccc(S(=O)(=O)N2CCN(C(=O)CNC(=O)[C@@H]3C[C@H]3C)CC2)cc1. The second kappa shape index (κ2) is 7.85. The van der Waals surface area contributed by atoms with Crippen LogP contribution in [0.5, 0.6) is 5.75 Å².